The molecule has 2 aromatic rings. The van der Waals surface area contributed by atoms with Gasteiger partial charge in [0.15, 0.2) is 5.82 Å². The van der Waals surface area contributed by atoms with Crippen molar-refractivity contribution in [1.82, 2.24) is 14.5 Å². The Bertz CT molecular complexity index is 531. The number of hydrogen-bond acceptors (Lipinski definition) is 4. The van der Waals surface area contributed by atoms with Crippen LogP contribution < -0.4 is 5.32 Å². The lowest BCUT2D eigenvalue weighted by Gasteiger charge is -2.10. The Morgan fingerprint density at radius 3 is 3.28 bits per heavy atom. The van der Waals surface area contributed by atoms with Crippen LogP contribution in [-0.4, -0.2) is 33.8 Å². The van der Waals surface area contributed by atoms with Crippen molar-refractivity contribution in [2.45, 2.75) is 25.4 Å². The highest BCUT2D eigenvalue weighted by molar-refractivity contribution is 5.85. The zero-order valence-corrected chi connectivity index (χ0v) is 10.6. The Hall–Kier alpha value is -1.62. The monoisotopic (exact) mass is 246 g/mol. The molecule has 1 aliphatic rings. The van der Waals surface area contributed by atoms with E-state index in [0.717, 1.165) is 36.4 Å². The lowest BCUT2D eigenvalue weighted by atomic mass is 10.2. The number of aromatic nitrogens is 3. The zero-order chi connectivity index (χ0) is 12.4. The molecule has 2 aromatic heterocycles. The van der Waals surface area contributed by atoms with Gasteiger partial charge in [-0.1, -0.05) is 0 Å². The Labute approximate surface area is 106 Å². The molecule has 5 heteroatoms. The smallest absolute Gasteiger partial charge is 0.154 e. The fourth-order valence-corrected chi connectivity index (χ4v) is 2.42. The number of aryl methyl sites for hydroxylation is 1. The minimum atomic E-state index is 0.417. The van der Waals surface area contributed by atoms with Crippen molar-refractivity contribution >= 4 is 16.9 Å². The summed E-state index contributed by atoms with van der Waals surface area (Å²) in [5, 5.41) is 3.36. The van der Waals surface area contributed by atoms with Crippen LogP contribution in [0.5, 0.6) is 0 Å². The predicted octanol–water partition coefficient (Wildman–Crippen LogP) is 1.95. The summed E-state index contributed by atoms with van der Waals surface area (Å²) >= 11 is 0. The minimum Gasteiger partial charge on any atom is -0.378 e. The fraction of sp³-hybridized carbons (Fsp3) is 0.538. The van der Waals surface area contributed by atoms with Gasteiger partial charge < -0.3 is 14.6 Å². The fourth-order valence-electron chi connectivity index (χ4n) is 2.42. The molecule has 0 amide bonds. The first-order valence-electron chi connectivity index (χ1n) is 6.46. The first kappa shape index (κ1) is 11.5. The van der Waals surface area contributed by atoms with Gasteiger partial charge in [0.1, 0.15) is 5.52 Å². The molecular formula is C13H18N4O. The molecule has 5 nitrogen and oxygen atoms in total. The van der Waals surface area contributed by atoms with Crippen molar-refractivity contribution in [1.29, 1.82) is 0 Å². The number of nitrogens with one attached hydrogen (secondary N) is 1. The van der Waals surface area contributed by atoms with E-state index in [1.165, 1.54) is 12.8 Å². The lowest BCUT2D eigenvalue weighted by molar-refractivity contribution is 0.107. The van der Waals surface area contributed by atoms with E-state index in [1.807, 2.05) is 30.2 Å². The van der Waals surface area contributed by atoms with Crippen LogP contribution in [0.3, 0.4) is 0 Å². The number of nitrogens with zero attached hydrogens (tertiary/aromatic N) is 3. The average molecular weight is 246 g/mol. The van der Waals surface area contributed by atoms with Crippen LogP contribution in [0.2, 0.25) is 0 Å². The van der Waals surface area contributed by atoms with E-state index in [1.54, 1.807) is 0 Å². The summed E-state index contributed by atoms with van der Waals surface area (Å²) in [7, 11) is 1.99. The highest BCUT2D eigenvalue weighted by Gasteiger charge is 2.15. The molecule has 96 valence electrons. The molecule has 1 aliphatic heterocycles. The number of imidazole rings is 1. The Morgan fingerprint density at radius 1 is 1.50 bits per heavy atom. The molecule has 1 atom stereocenters. The second kappa shape index (κ2) is 4.94. The van der Waals surface area contributed by atoms with Crippen molar-refractivity contribution in [2.75, 3.05) is 18.5 Å². The number of fused-ring (bicyclic) bond motifs is 1. The third-order valence-electron chi connectivity index (χ3n) is 3.43. The van der Waals surface area contributed by atoms with Crippen molar-refractivity contribution in [3.8, 4) is 0 Å². The highest BCUT2D eigenvalue weighted by atomic mass is 16.5. The van der Waals surface area contributed by atoms with Gasteiger partial charge in [0, 0.05) is 26.4 Å². The molecule has 0 aliphatic carbocycles. The predicted molar refractivity (Wildman–Crippen MR) is 70.6 cm³/mol. The van der Waals surface area contributed by atoms with Crippen LogP contribution in [-0.2, 0) is 11.8 Å². The van der Waals surface area contributed by atoms with Crippen molar-refractivity contribution in [2.24, 2.45) is 7.05 Å². The van der Waals surface area contributed by atoms with E-state index >= 15 is 0 Å². The zero-order valence-electron chi connectivity index (χ0n) is 10.6. The van der Waals surface area contributed by atoms with Crippen LogP contribution in [0.15, 0.2) is 18.6 Å². The highest BCUT2D eigenvalue weighted by Crippen LogP contribution is 2.19. The summed E-state index contributed by atoms with van der Waals surface area (Å²) in [4.78, 5) is 8.73. The summed E-state index contributed by atoms with van der Waals surface area (Å²) in [6.07, 6.45) is 7.46. The Kier molecular flexibility index (Phi) is 3.15. The second-order valence-corrected chi connectivity index (χ2v) is 4.73. The lowest BCUT2D eigenvalue weighted by Crippen LogP contribution is -2.13. The summed E-state index contributed by atoms with van der Waals surface area (Å²) < 4.78 is 7.60. The minimum absolute atomic E-state index is 0.417. The van der Waals surface area contributed by atoms with Gasteiger partial charge in [-0.15, -0.1) is 0 Å². The van der Waals surface area contributed by atoms with Gasteiger partial charge in [0.05, 0.1) is 17.9 Å². The molecule has 1 saturated heterocycles. The molecule has 0 aromatic carbocycles. The molecule has 0 radical (unpaired) electrons. The number of pyridine rings is 1. The third-order valence-corrected chi connectivity index (χ3v) is 3.43. The number of anilines is 1. The first-order valence-corrected chi connectivity index (χ1v) is 6.46. The molecule has 1 fully saturated rings. The van der Waals surface area contributed by atoms with Crippen LogP contribution in [0.4, 0.5) is 5.82 Å². The molecule has 0 saturated carbocycles. The van der Waals surface area contributed by atoms with E-state index in [2.05, 4.69) is 15.3 Å². The quantitative estimate of drug-likeness (QED) is 0.896. The molecule has 3 rings (SSSR count). The Balaban J connectivity index is 1.66. The maximum atomic E-state index is 5.60. The van der Waals surface area contributed by atoms with Gasteiger partial charge in [0.2, 0.25) is 0 Å². The SMILES string of the molecule is Cn1cnc2c(NCCC3CCCO3)nccc21. The molecule has 0 spiro atoms. The van der Waals surface area contributed by atoms with Gasteiger partial charge in [-0.2, -0.15) is 0 Å². The van der Waals surface area contributed by atoms with E-state index in [4.69, 9.17) is 4.74 Å². The van der Waals surface area contributed by atoms with Gasteiger partial charge in [-0.05, 0) is 25.3 Å². The van der Waals surface area contributed by atoms with Crippen molar-refractivity contribution in [3.63, 3.8) is 0 Å². The van der Waals surface area contributed by atoms with Gasteiger partial charge in [-0.25, -0.2) is 9.97 Å². The van der Waals surface area contributed by atoms with Crippen LogP contribution >= 0.6 is 0 Å². The Morgan fingerprint density at radius 2 is 2.44 bits per heavy atom. The maximum absolute atomic E-state index is 5.60. The standard InChI is InChI=1S/C13H18N4O/c1-17-9-16-12-11(17)5-7-15-13(12)14-6-4-10-3-2-8-18-10/h5,7,9-10H,2-4,6,8H2,1H3,(H,14,15). The normalized spacial score (nSPS) is 19.5. The topological polar surface area (TPSA) is 52.0 Å². The van der Waals surface area contributed by atoms with E-state index in [9.17, 15) is 0 Å². The molecule has 1 unspecified atom stereocenters. The van der Waals surface area contributed by atoms with Gasteiger partial charge in [-0.3, -0.25) is 0 Å². The third kappa shape index (κ3) is 2.18. The molecule has 0 bridgehead atoms. The van der Waals surface area contributed by atoms with Crippen LogP contribution in [0.25, 0.3) is 11.0 Å². The summed E-state index contributed by atoms with van der Waals surface area (Å²) in [5.74, 6) is 0.867. The largest absolute Gasteiger partial charge is 0.378 e. The average Bonchev–Trinajstić information content (AvgIpc) is 3.01. The van der Waals surface area contributed by atoms with E-state index in [0.29, 0.717) is 6.10 Å². The van der Waals surface area contributed by atoms with Gasteiger partial charge in [0.25, 0.3) is 0 Å². The molecule has 3 heterocycles. The van der Waals surface area contributed by atoms with Crippen LogP contribution in [0.1, 0.15) is 19.3 Å². The van der Waals surface area contributed by atoms with Gasteiger partial charge >= 0.3 is 0 Å². The molecule has 1 N–H and O–H groups in total. The molecule has 18 heavy (non-hydrogen) atoms. The van der Waals surface area contributed by atoms with Crippen molar-refractivity contribution < 1.29 is 4.74 Å². The number of ether oxygens (including phenoxy) is 1. The van der Waals surface area contributed by atoms with Crippen molar-refractivity contribution in [3.05, 3.63) is 18.6 Å². The summed E-state index contributed by atoms with van der Waals surface area (Å²) in [6.45, 7) is 1.80. The summed E-state index contributed by atoms with van der Waals surface area (Å²) in [6, 6.07) is 1.98. The van der Waals surface area contributed by atoms with E-state index in [-0.39, 0.29) is 0 Å². The van der Waals surface area contributed by atoms with E-state index < -0.39 is 0 Å². The number of rotatable bonds is 4. The molecular weight excluding hydrogens is 228 g/mol. The second-order valence-electron chi connectivity index (χ2n) is 4.73. The van der Waals surface area contributed by atoms with Crippen LogP contribution in [0, 0.1) is 0 Å². The maximum Gasteiger partial charge on any atom is 0.154 e. The number of hydrogen-bond donors (Lipinski definition) is 1. The first-order chi connectivity index (χ1) is 8.84. The summed E-state index contributed by atoms with van der Waals surface area (Å²) in [5.41, 5.74) is 2.04.